The standard InChI is InChI=1S/C21H23N5O/c1-21(2,3)6-4-14-8-15(9-17-19(14)25-26-20(17)22)13-5-7-23-18(10-13)24-16-11-27-12-16/h5,7-10,16H,11-12H2,1-3H3,(H,23,24)(H3,22,25,26). The first-order chi connectivity index (χ1) is 12.9. The number of anilines is 2. The monoisotopic (exact) mass is 361 g/mol. The van der Waals surface area contributed by atoms with Gasteiger partial charge in [0.1, 0.15) is 5.82 Å². The maximum absolute atomic E-state index is 6.07. The Bertz CT molecular complexity index is 1050. The normalized spacial score (nSPS) is 14.5. The van der Waals surface area contributed by atoms with Gasteiger partial charge >= 0.3 is 0 Å². The summed E-state index contributed by atoms with van der Waals surface area (Å²) in [5.74, 6) is 7.90. The maximum Gasteiger partial charge on any atom is 0.153 e. The summed E-state index contributed by atoms with van der Waals surface area (Å²) in [5.41, 5.74) is 9.81. The molecule has 0 aliphatic carbocycles. The SMILES string of the molecule is CC(C)(C)C#Cc1cc(-c2ccnc(NC3COC3)c2)cc2c(N)n[nH]c12. The van der Waals surface area contributed by atoms with Crippen LogP contribution in [0.15, 0.2) is 30.5 Å². The Hall–Kier alpha value is -3.04. The molecule has 6 heteroatoms. The summed E-state index contributed by atoms with van der Waals surface area (Å²) in [6.45, 7) is 7.71. The minimum atomic E-state index is -0.0908. The third-order valence-corrected chi connectivity index (χ3v) is 4.36. The van der Waals surface area contributed by atoms with Gasteiger partial charge in [-0.15, -0.1) is 0 Å². The van der Waals surface area contributed by atoms with E-state index in [1.165, 1.54) is 0 Å². The fourth-order valence-electron chi connectivity index (χ4n) is 2.88. The number of nitrogens with two attached hydrogens (primary N) is 1. The molecule has 0 unspecified atom stereocenters. The highest BCUT2D eigenvalue weighted by Crippen LogP contribution is 2.30. The van der Waals surface area contributed by atoms with E-state index in [9.17, 15) is 0 Å². The van der Waals surface area contributed by atoms with Gasteiger partial charge in [-0.3, -0.25) is 5.10 Å². The summed E-state index contributed by atoms with van der Waals surface area (Å²) in [6.07, 6.45) is 1.81. The summed E-state index contributed by atoms with van der Waals surface area (Å²) >= 11 is 0. The number of nitrogens with zero attached hydrogens (tertiary/aromatic N) is 2. The second-order valence-electron chi connectivity index (χ2n) is 7.86. The third kappa shape index (κ3) is 3.74. The van der Waals surface area contributed by atoms with Crippen molar-refractivity contribution in [1.82, 2.24) is 15.2 Å². The average molecular weight is 361 g/mol. The molecule has 27 heavy (non-hydrogen) atoms. The summed E-state index contributed by atoms with van der Waals surface area (Å²) in [5, 5.41) is 11.4. The van der Waals surface area contributed by atoms with Crippen molar-refractivity contribution in [1.29, 1.82) is 0 Å². The molecule has 138 valence electrons. The minimum absolute atomic E-state index is 0.0908. The van der Waals surface area contributed by atoms with Gasteiger partial charge in [-0.2, -0.15) is 5.10 Å². The van der Waals surface area contributed by atoms with E-state index < -0.39 is 0 Å². The summed E-state index contributed by atoms with van der Waals surface area (Å²) < 4.78 is 5.21. The molecule has 1 aromatic carbocycles. The van der Waals surface area contributed by atoms with Crippen LogP contribution in [0.3, 0.4) is 0 Å². The smallest absolute Gasteiger partial charge is 0.153 e. The molecular formula is C21H23N5O. The van der Waals surface area contributed by atoms with Crippen molar-refractivity contribution in [2.75, 3.05) is 24.3 Å². The summed E-state index contributed by atoms with van der Waals surface area (Å²) in [7, 11) is 0. The van der Waals surface area contributed by atoms with Crippen LogP contribution in [0.1, 0.15) is 26.3 Å². The quantitative estimate of drug-likeness (QED) is 0.622. The van der Waals surface area contributed by atoms with E-state index in [1.54, 1.807) is 6.20 Å². The lowest BCUT2D eigenvalue weighted by Crippen LogP contribution is -2.40. The largest absolute Gasteiger partial charge is 0.382 e. The van der Waals surface area contributed by atoms with Crippen LogP contribution >= 0.6 is 0 Å². The lowest BCUT2D eigenvalue weighted by atomic mass is 9.96. The molecule has 4 rings (SSSR count). The van der Waals surface area contributed by atoms with E-state index in [4.69, 9.17) is 10.5 Å². The molecule has 3 heterocycles. The number of ether oxygens (including phenoxy) is 1. The van der Waals surface area contributed by atoms with Crippen molar-refractivity contribution < 1.29 is 4.74 Å². The van der Waals surface area contributed by atoms with E-state index in [-0.39, 0.29) is 5.41 Å². The Kier molecular flexibility index (Phi) is 4.25. The molecule has 0 radical (unpaired) electrons. The van der Waals surface area contributed by atoms with Gasteiger partial charge < -0.3 is 15.8 Å². The van der Waals surface area contributed by atoms with Crippen LogP contribution in [0.4, 0.5) is 11.6 Å². The lowest BCUT2D eigenvalue weighted by Gasteiger charge is -2.27. The summed E-state index contributed by atoms with van der Waals surface area (Å²) in [4.78, 5) is 4.41. The minimum Gasteiger partial charge on any atom is -0.382 e. The molecule has 0 saturated carbocycles. The van der Waals surface area contributed by atoms with Crippen molar-refractivity contribution in [3.63, 3.8) is 0 Å². The highest BCUT2D eigenvalue weighted by atomic mass is 16.5. The molecule has 0 spiro atoms. The number of pyridine rings is 1. The van der Waals surface area contributed by atoms with Crippen LogP contribution in [0.25, 0.3) is 22.0 Å². The van der Waals surface area contributed by atoms with Crippen molar-refractivity contribution >= 4 is 22.5 Å². The molecule has 4 N–H and O–H groups in total. The Morgan fingerprint density at radius 1 is 1.22 bits per heavy atom. The van der Waals surface area contributed by atoms with Crippen LogP contribution in [0.2, 0.25) is 0 Å². The van der Waals surface area contributed by atoms with Crippen molar-refractivity contribution in [2.45, 2.75) is 26.8 Å². The first kappa shape index (κ1) is 17.4. The third-order valence-electron chi connectivity index (χ3n) is 4.36. The molecule has 1 aliphatic rings. The van der Waals surface area contributed by atoms with Gasteiger partial charge in [0.25, 0.3) is 0 Å². The first-order valence-corrected chi connectivity index (χ1v) is 9.00. The Morgan fingerprint density at radius 2 is 2.04 bits per heavy atom. The number of aromatic amines is 1. The number of hydrogen-bond donors (Lipinski definition) is 3. The van der Waals surface area contributed by atoms with Gasteiger partial charge in [0.05, 0.1) is 30.3 Å². The molecule has 1 fully saturated rings. The topological polar surface area (TPSA) is 88.8 Å². The zero-order valence-corrected chi connectivity index (χ0v) is 15.8. The summed E-state index contributed by atoms with van der Waals surface area (Å²) in [6, 6.07) is 8.47. The first-order valence-electron chi connectivity index (χ1n) is 9.00. The predicted octanol–water partition coefficient (Wildman–Crippen LogP) is 3.42. The fraction of sp³-hybridized carbons (Fsp3) is 0.333. The molecule has 0 bridgehead atoms. The molecule has 0 atom stereocenters. The number of rotatable bonds is 3. The number of hydrogen-bond acceptors (Lipinski definition) is 5. The number of benzene rings is 1. The Balaban J connectivity index is 1.78. The molecule has 6 nitrogen and oxygen atoms in total. The van der Waals surface area contributed by atoms with Gasteiger partial charge in [-0.25, -0.2) is 4.98 Å². The van der Waals surface area contributed by atoms with E-state index in [0.29, 0.717) is 11.9 Å². The van der Waals surface area contributed by atoms with Crippen LogP contribution < -0.4 is 11.1 Å². The zero-order chi connectivity index (χ0) is 19.0. The molecule has 1 aliphatic heterocycles. The predicted molar refractivity (Wildman–Crippen MR) is 108 cm³/mol. The number of fused-ring (bicyclic) bond motifs is 1. The second-order valence-corrected chi connectivity index (χ2v) is 7.86. The Labute approximate surface area is 158 Å². The van der Waals surface area contributed by atoms with Crippen molar-refractivity contribution in [3.8, 4) is 23.0 Å². The van der Waals surface area contributed by atoms with Gasteiger partial charge in [-0.1, -0.05) is 11.8 Å². The number of nitrogens with one attached hydrogen (secondary N) is 2. The van der Waals surface area contributed by atoms with E-state index in [1.807, 2.05) is 18.2 Å². The maximum atomic E-state index is 6.07. The number of nitrogen functional groups attached to an aromatic ring is 1. The highest BCUT2D eigenvalue weighted by molar-refractivity contribution is 5.96. The van der Waals surface area contributed by atoms with Gasteiger partial charge in [-0.05, 0) is 56.2 Å². The van der Waals surface area contributed by atoms with Crippen LogP contribution in [0, 0.1) is 17.3 Å². The fourth-order valence-corrected chi connectivity index (χ4v) is 2.88. The highest BCUT2D eigenvalue weighted by Gasteiger charge is 2.18. The van der Waals surface area contributed by atoms with Gasteiger partial charge in [0.2, 0.25) is 0 Å². The van der Waals surface area contributed by atoms with E-state index in [2.05, 4.69) is 59.2 Å². The van der Waals surface area contributed by atoms with E-state index in [0.717, 1.165) is 46.6 Å². The molecule has 2 aromatic heterocycles. The lowest BCUT2D eigenvalue weighted by molar-refractivity contribution is 0.0209. The zero-order valence-electron chi connectivity index (χ0n) is 15.8. The second kappa shape index (κ2) is 6.60. The van der Waals surface area contributed by atoms with Gasteiger partial charge in [0, 0.05) is 17.0 Å². The van der Waals surface area contributed by atoms with Crippen molar-refractivity contribution in [2.24, 2.45) is 5.41 Å². The molecule has 1 saturated heterocycles. The van der Waals surface area contributed by atoms with Crippen molar-refractivity contribution in [3.05, 3.63) is 36.0 Å². The van der Waals surface area contributed by atoms with Crippen LogP contribution in [-0.2, 0) is 4.74 Å². The van der Waals surface area contributed by atoms with Crippen LogP contribution in [0.5, 0.6) is 0 Å². The van der Waals surface area contributed by atoms with Crippen LogP contribution in [-0.4, -0.2) is 34.4 Å². The molecule has 3 aromatic rings. The average Bonchev–Trinajstić information content (AvgIpc) is 2.97. The number of aromatic nitrogens is 3. The molecule has 0 amide bonds. The number of H-pyrrole nitrogens is 1. The van der Waals surface area contributed by atoms with E-state index >= 15 is 0 Å². The Morgan fingerprint density at radius 3 is 2.74 bits per heavy atom. The molecular weight excluding hydrogens is 338 g/mol. The van der Waals surface area contributed by atoms with Gasteiger partial charge in [0.15, 0.2) is 5.82 Å².